The van der Waals surface area contributed by atoms with Crippen molar-refractivity contribution in [3.05, 3.63) is 29.6 Å². The van der Waals surface area contributed by atoms with Crippen LogP contribution < -0.4 is 15.4 Å². The van der Waals surface area contributed by atoms with Crippen LogP contribution in [0.25, 0.3) is 0 Å². The van der Waals surface area contributed by atoms with Gasteiger partial charge in [0.25, 0.3) is 0 Å². The van der Waals surface area contributed by atoms with Crippen LogP contribution in [0.15, 0.2) is 18.2 Å². The minimum Gasteiger partial charge on any atom is -0.493 e. The van der Waals surface area contributed by atoms with Crippen molar-refractivity contribution in [2.45, 2.75) is 37.8 Å². The zero-order valence-corrected chi connectivity index (χ0v) is 12.4. The number of carbonyl (C=O) groups is 1. The maximum Gasteiger partial charge on any atom is 0.315 e. The van der Waals surface area contributed by atoms with Crippen molar-refractivity contribution >= 4 is 6.03 Å². The van der Waals surface area contributed by atoms with E-state index in [1.807, 2.05) is 0 Å². The molecule has 0 unspecified atom stereocenters. The molecule has 120 valence electrons. The first-order chi connectivity index (χ1) is 10.7. The van der Waals surface area contributed by atoms with Crippen LogP contribution in [0.4, 0.5) is 9.18 Å². The molecular formula is C16H21FN2O3. The lowest BCUT2D eigenvalue weighted by Crippen LogP contribution is -2.41. The smallest absolute Gasteiger partial charge is 0.315 e. The molecule has 1 aromatic carbocycles. The molecule has 2 N–H and O–H groups in total. The molecule has 0 saturated carbocycles. The second kappa shape index (κ2) is 6.96. The average Bonchev–Trinajstić information content (AvgIpc) is 2.95. The van der Waals surface area contributed by atoms with E-state index in [0.29, 0.717) is 24.5 Å². The normalized spacial score (nSPS) is 24.0. The number of benzene rings is 1. The van der Waals surface area contributed by atoms with Crippen molar-refractivity contribution in [1.29, 1.82) is 0 Å². The number of amides is 2. The van der Waals surface area contributed by atoms with Crippen LogP contribution in [-0.4, -0.2) is 31.9 Å². The van der Waals surface area contributed by atoms with Gasteiger partial charge in [-0.1, -0.05) is 0 Å². The maximum atomic E-state index is 13.5. The van der Waals surface area contributed by atoms with Crippen LogP contribution in [0.1, 0.15) is 37.3 Å². The Hall–Kier alpha value is -1.82. The van der Waals surface area contributed by atoms with Crippen LogP contribution in [-0.2, 0) is 4.74 Å². The molecular weight excluding hydrogens is 287 g/mol. The zero-order valence-electron chi connectivity index (χ0n) is 12.4. The Morgan fingerprint density at radius 2 is 2.14 bits per heavy atom. The summed E-state index contributed by atoms with van der Waals surface area (Å²) in [7, 11) is 0. The third kappa shape index (κ3) is 3.68. The van der Waals surface area contributed by atoms with Gasteiger partial charge in [-0.15, -0.1) is 0 Å². The first-order valence-corrected chi connectivity index (χ1v) is 7.80. The maximum absolute atomic E-state index is 13.5. The number of rotatable bonds is 3. The fraction of sp³-hybridized carbons (Fsp3) is 0.562. The van der Waals surface area contributed by atoms with Gasteiger partial charge in [-0.05, 0) is 43.9 Å². The lowest BCUT2D eigenvalue weighted by Gasteiger charge is -2.19. The summed E-state index contributed by atoms with van der Waals surface area (Å²) in [6, 6.07) is 3.94. The topological polar surface area (TPSA) is 59.6 Å². The SMILES string of the molecule is O=C(NC[C@H]1CCCO1)N[C@@H]1CCCOc2ccc(F)cc21. The van der Waals surface area contributed by atoms with Crippen LogP contribution >= 0.6 is 0 Å². The molecule has 0 aromatic heterocycles. The highest BCUT2D eigenvalue weighted by Crippen LogP contribution is 2.31. The summed E-state index contributed by atoms with van der Waals surface area (Å²) in [6.07, 6.45) is 3.66. The first-order valence-electron chi connectivity index (χ1n) is 7.80. The molecule has 1 fully saturated rings. The Morgan fingerprint density at radius 1 is 1.27 bits per heavy atom. The molecule has 1 aromatic rings. The predicted molar refractivity (Wildman–Crippen MR) is 79.4 cm³/mol. The van der Waals surface area contributed by atoms with E-state index in [1.54, 1.807) is 6.07 Å². The Labute approximate surface area is 129 Å². The van der Waals surface area contributed by atoms with Gasteiger partial charge in [-0.25, -0.2) is 9.18 Å². The van der Waals surface area contributed by atoms with Gasteiger partial charge in [0.05, 0.1) is 18.8 Å². The van der Waals surface area contributed by atoms with Gasteiger partial charge in [-0.2, -0.15) is 0 Å². The molecule has 0 bridgehead atoms. The fourth-order valence-corrected chi connectivity index (χ4v) is 2.92. The van der Waals surface area contributed by atoms with Crippen molar-refractivity contribution < 1.29 is 18.7 Å². The minimum atomic E-state index is -0.323. The highest BCUT2D eigenvalue weighted by atomic mass is 19.1. The van der Waals surface area contributed by atoms with E-state index in [1.165, 1.54) is 12.1 Å². The van der Waals surface area contributed by atoms with Crippen molar-refractivity contribution in [2.75, 3.05) is 19.8 Å². The third-order valence-corrected chi connectivity index (χ3v) is 4.06. The van der Waals surface area contributed by atoms with E-state index in [4.69, 9.17) is 9.47 Å². The number of hydrogen-bond acceptors (Lipinski definition) is 3. The molecule has 2 heterocycles. The lowest BCUT2D eigenvalue weighted by molar-refractivity contribution is 0.111. The molecule has 22 heavy (non-hydrogen) atoms. The largest absolute Gasteiger partial charge is 0.493 e. The van der Waals surface area contributed by atoms with E-state index < -0.39 is 0 Å². The predicted octanol–water partition coefficient (Wildman–Crippen LogP) is 2.52. The molecule has 3 rings (SSSR count). The second-order valence-electron chi connectivity index (χ2n) is 5.71. The van der Waals surface area contributed by atoms with E-state index in [-0.39, 0.29) is 24.0 Å². The molecule has 0 spiro atoms. The minimum absolute atomic E-state index is 0.105. The van der Waals surface area contributed by atoms with Crippen LogP contribution in [0, 0.1) is 5.82 Å². The van der Waals surface area contributed by atoms with E-state index >= 15 is 0 Å². The number of ether oxygens (including phenoxy) is 2. The summed E-state index contributed by atoms with van der Waals surface area (Å²) in [5, 5.41) is 5.74. The summed E-state index contributed by atoms with van der Waals surface area (Å²) in [4.78, 5) is 12.1. The van der Waals surface area contributed by atoms with Crippen molar-refractivity contribution in [3.63, 3.8) is 0 Å². The summed E-state index contributed by atoms with van der Waals surface area (Å²) >= 11 is 0. The lowest BCUT2D eigenvalue weighted by atomic mass is 10.0. The highest BCUT2D eigenvalue weighted by molar-refractivity contribution is 5.74. The van der Waals surface area contributed by atoms with Crippen LogP contribution in [0.5, 0.6) is 5.75 Å². The monoisotopic (exact) mass is 308 g/mol. The summed E-state index contributed by atoms with van der Waals surface area (Å²) < 4.78 is 24.6. The van der Waals surface area contributed by atoms with E-state index in [2.05, 4.69) is 10.6 Å². The Morgan fingerprint density at radius 3 is 2.95 bits per heavy atom. The Kier molecular flexibility index (Phi) is 4.77. The molecule has 6 heteroatoms. The van der Waals surface area contributed by atoms with Gasteiger partial charge in [0.1, 0.15) is 11.6 Å². The van der Waals surface area contributed by atoms with Gasteiger partial charge < -0.3 is 20.1 Å². The molecule has 0 aliphatic carbocycles. The molecule has 2 atom stereocenters. The number of halogens is 1. The highest BCUT2D eigenvalue weighted by Gasteiger charge is 2.23. The van der Waals surface area contributed by atoms with Crippen molar-refractivity contribution in [3.8, 4) is 5.75 Å². The first kappa shape index (κ1) is 15.1. The van der Waals surface area contributed by atoms with Gasteiger partial charge in [0.2, 0.25) is 0 Å². The number of fused-ring (bicyclic) bond motifs is 1. The molecule has 5 nitrogen and oxygen atoms in total. The summed E-state index contributed by atoms with van der Waals surface area (Å²) in [5.41, 5.74) is 0.699. The van der Waals surface area contributed by atoms with Gasteiger partial charge >= 0.3 is 6.03 Å². The second-order valence-corrected chi connectivity index (χ2v) is 5.71. The Balaban J connectivity index is 1.61. The summed E-state index contributed by atoms with van der Waals surface area (Å²) in [6.45, 7) is 1.85. The fourth-order valence-electron chi connectivity index (χ4n) is 2.92. The van der Waals surface area contributed by atoms with Crippen molar-refractivity contribution in [2.24, 2.45) is 0 Å². The van der Waals surface area contributed by atoms with Crippen LogP contribution in [0.3, 0.4) is 0 Å². The molecule has 0 radical (unpaired) electrons. The number of nitrogens with one attached hydrogen (secondary N) is 2. The summed E-state index contributed by atoms with van der Waals surface area (Å²) in [5.74, 6) is 0.319. The van der Waals surface area contributed by atoms with Gasteiger partial charge in [0.15, 0.2) is 0 Å². The zero-order chi connectivity index (χ0) is 15.4. The molecule has 2 aliphatic heterocycles. The van der Waals surface area contributed by atoms with Gasteiger partial charge in [-0.3, -0.25) is 0 Å². The molecule has 1 saturated heterocycles. The van der Waals surface area contributed by atoms with Crippen molar-refractivity contribution in [1.82, 2.24) is 10.6 Å². The van der Waals surface area contributed by atoms with Crippen LogP contribution in [0.2, 0.25) is 0 Å². The van der Waals surface area contributed by atoms with E-state index in [9.17, 15) is 9.18 Å². The standard InChI is InChI=1S/C16H21FN2O3/c17-11-5-6-15-13(9-11)14(4-2-8-22-15)19-16(20)18-10-12-3-1-7-21-12/h5-6,9,12,14H,1-4,7-8,10H2,(H2,18,19,20)/t12-,14-/m1/s1. The molecule has 2 amide bonds. The number of hydrogen-bond donors (Lipinski definition) is 2. The molecule has 2 aliphatic rings. The average molecular weight is 308 g/mol. The third-order valence-electron chi connectivity index (χ3n) is 4.06. The van der Waals surface area contributed by atoms with E-state index in [0.717, 1.165) is 32.3 Å². The Bertz CT molecular complexity index is 532. The number of carbonyl (C=O) groups excluding carboxylic acids is 1. The quantitative estimate of drug-likeness (QED) is 0.902. The number of urea groups is 1. The van der Waals surface area contributed by atoms with Gasteiger partial charge in [0, 0.05) is 18.7 Å².